The molecule has 2 N–H and O–H groups in total. The van der Waals surface area contributed by atoms with Crippen molar-refractivity contribution in [2.45, 2.75) is 46.8 Å². The molecule has 0 aromatic carbocycles. The van der Waals surface area contributed by atoms with Gasteiger partial charge >= 0.3 is 5.97 Å². The van der Waals surface area contributed by atoms with Crippen molar-refractivity contribution >= 4 is 11.9 Å². The van der Waals surface area contributed by atoms with E-state index in [-0.39, 0.29) is 42.4 Å². The van der Waals surface area contributed by atoms with E-state index in [1.807, 2.05) is 34.6 Å². The van der Waals surface area contributed by atoms with Gasteiger partial charge in [-0.1, -0.05) is 20.8 Å². The van der Waals surface area contributed by atoms with Crippen molar-refractivity contribution in [1.29, 1.82) is 0 Å². The predicted octanol–water partition coefficient (Wildman–Crippen LogP) is 1.52. The van der Waals surface area contributed by atoms with Crippen LogP contribution in [0.1, 0.15) is 34.6 Å². The Morgan fingerprint density at radius 3 is 2.16 bits per heavy atom. The Bertz CT molecular complexity index is 342. The topological polar surface area (TPSA) is 75.6 Å². The molecule has 0 aromatic rings. The lowest BCUT2D eigenvalue weighted by atomic mass is 9.88. The van der Waals surface area contributed by atoms with Crippen LogP contribution in [0.4, 0.5) is 0 Å². The molecule has 0 saturated carbocycles. The van der Waals surface area contributed by atoms with E-state index in [9.17, 15) is 9.59 Å². The van der Waals surface area contributed by atoms with Crippen LogP contribution in [0.2, 0.25) is 0 Å². The average molecular weight is 271 g/mol. The zero-order valence-electron chi connectivity index (χ0n) is 12.3. The van der Waals surface area contributed by atoms with Crippen LogP contribution >= 0.6 is 0 Å². The smallest absolute Gasteiger partial charge is 0.308 e. The average Bonchev–Trinajstić information content (AvgIpc) is 2.52. The number of carboxylic acids is 1. The van der Waals surface area contributed by atoms with Crippen molar-refractivity contribution in [3.05, 3.63) is 0 Å². The lowest BCUT2D eigenvalue weighted by Crippen LogP contribution is -2.42. The van der Waals surface area contributed by atoms with E-state index < -0.39 is 11.9 Å². The summed E-state index contributed by atoms with van der Waals surface area (Å²) in [5.41, 5.74) is 0. The molecule has 5 heteroatoms. The Morgan fingerprint density at radius 2 is 1.79 bits per heavy atom. The third-order valence-corrected chi connectivity index (χ3v) is 4.16. The highest BCUT2D eigenvalue weighted by Gasteiger charge is 2.41. The maximum Gasteiger partial charge on any atom is 0.308 e. The molecule has 1 saturated heterocycles. The van der Waals surface area contributed by atoms with Gasteiger partial charge < -0.3 is 15.2 Å². The van der Waals surface area contributed by atoms with Crippen LogP contribution in [0.3, 0.4) is 0 Å². The zero-order valence-corrected chi connectivity index (χ0v) is 12.3. The fourth-order valence-electron chi connectivity index (χ4n) is 2.66. The van der Waals surface area contributed by atoms with E-state index in [0.29, 0.717) is 0 Å². The number of nitrogens with one attached hydrogen (secondary N) is 1. The summed E-state index contributed by atoms with van der Waals surface area (Å²) in [5.74, 6) is -1.57. The number of amides is 1. The number of hydrogen-bond donors (Lipinski definition) is 2. The lowest BCUT2D eigenvalue weighted by molar-refractivity contribution is -0.143. The predicted molar refractivity (Wildman–Crippen MR) is 71.6 cm³/mol. The zero-order chi connectivity index (χ0) is 14.7. The molecule has 110 valence electrons. The highest BCUT2D eigenvalue weighted by molar-refractivity contribution is 5.80. The Balaban J connectivity index is 2.58. The van der Waals surface area contributed by atoms with Crippen LogP contribution in [-0.2, 0) is 14.3 Å². The largest absolute Gasteiger partial charge is 0.481 e. The Morgan fingerprint density at radius 1 is 1.21 bits per heavy atom. The molecular formula is C14H25NO4. The second kappa shape index (κ2) is 6.37. The summed E-state index contributed by atoms with van der Waals surface area (Å²) in [7, 11) is 0. The lowest BCUT2D eigenvalue weighted by Gasteiger charge is -2.21. The number of carboxylic acid groups (broad SMARTS) is 1. The van der Waals surface area contributed by atoms with Crippen LogP contribution < -0.4 is 5.32 Å². The van der Waals surface area contributed by atoms with Crippen molar-refractivity contribution in [2.75, 3.05) is 6.54 Å². The van der Waals surface area contributed by atoms with E-state index in [1.165, 1.54) is 0 Å². The summed E-state index contributed by atoms with van der Waals surface area (Å²) in [4.78, 5) is 23.3. The van der Waals surface area contributed by atoms with Gasteiger partial charge in [-0.25, -0.2) is 0 Å². The molecule has 1 fully saturated rings. The van der Waals surface area contributed by atoms with Gasteiger partial charge in [-0.2, -0.15) is 0 Å². The first-order valence-electron chi connectivity index (χ1n) is 6.91. The molecule has 19 heavy (non-hydrogen) atoms. The van der Waals surface area contributed by atoms with Crippen LogP contribution in [0.15, 0.2) is 0 Å². The minimum atomic E-state index is -0.868. The summed E-state index contributed by atoms with van der Waals surface area (Å²) >= 11 is 0. The fraction of sp³-hybridized carbons (Fsp3) is 0.857. The first kappa shape index (κ1) is 16.0. The van der Waals surface area contributed by atoms with Crippen LogP contribution in [0.25, 0.3) is 0 Å². The number of rotatable bonds is 5. The van der Waals surface area contributed by atoms with Gasteiger partial charge in [-0.05, 0) is 25.7 Å². The molecular weight excluding hydrogens is 246 g/mol. The summed E-state index contributed by atoms with van der Waals surface area (Å²) in [5, 5.41) is 11.9. The fourth-order valence-corrected chi connectivity index (χ4v) is 2.66. The Kier molecular flexibility index (Phi) is 5.35. The standard InChI is InChI=1S/C14H25NO4/c1-7(2)11(14(17)18)6-15-13(16)12-8(3)9(4)19-10(12)5/h7-12H,6H2,1-5H3,(H,15,16)(H,17,18). The number of aliphatic carboxylic acids is 1. The normalized spacial score (nSPS) is 32.3. The van der Waals surface area contributed by atoms with Gasteiger partial charge in [-0.15, -0.1) is 0 Å². The molecule has 5 unspecified atom stereocenters. The molecule has 0 spiro atoms. The van der Waals surface area contributed by atoms with Gasteiger partial charge in [0.25, 0.3) is 0 Å². The Hall–Kier alpha value is -1.10. The minimum Gasteiger partial charge on any atom is -0.481 e. The summed E-state index contributed by atoms with van der Waals surface area (Å²) in [6.45, 7) is 9.71. The quantitative estimate of drug-likeness (QED) is 0.795. The minimum absolute atomic E-state index is 0.00796. The van der Waals surface area contributed by atoms with Gasteiger partial charge in [0, 0.05) is 6.54 Å². The third kappa shape index (κ3) is 3.69. The highest BCUT2D eigenvalue weighted by Crippen LogP contribution is 2.32. The van der Waals surface area contributed by atoms with E-state index in [1.54, 1.807) is 0 Å². The van der Waals surface area contributed by atoms with Crippen LogP contribution in [0, 0.1) is 23.7 Å². The third-order valence-electron chi connectivity index (χ3n) is 4.16. The molecule has 1 aliphatic rings. The summed E-state index contributed by atoms with van der Waals surface area (Å²) in [6, 6.07) is 0. The van der Waals surface area contributed by atoms with Gasteiger partial charge in [0.15, 0.2) is 0 Å². The second-order valence-electron chi connectivity index (χ2n) is 5.87. The second-order valence-corrected chi connectivity index (χ2v) is 5.87. The molecule has 0 aromatic heterocycles. The Labute approximate surface area is 114 Å². The molecule has 0 bridgehead atoms. The number of carbonyl (C=O) groups is 2. The summed E-state index contributed by atoms with van der Waals surface area (Å²) in [6.07, 6.45) is -0.0570. The molecule has 5 nitrogen and oxygen atoms in total. The molecule has 0 radical (unpaired) electrons. The van der Waals surface area contributed by atoms with Crippen molar-refractivity contribution < 1.29 is 19.4 Å². The first-order chi connectivity index (χ1) is 8.75. The highest BCUT2D eigenvalue weighted by atomic mass is 16.5. The molecule has 5 atom stereocenters. The number of carbonyl (C=O) groups excluding carboxylic acids is 1. The SMILES string of the molecule is CC(C)C(CNC(=O)C1C(C)OC(C)C1C)C(=O)O. The van der Waals surface area contributed by atoms with E-state index in [4.69, 9.17) is 9.84 Å². The number of ether oxygens (including phenoxy) is 1. The maximum absolute atomic E-state index is 12.2. The first-order valence-corrected chi connectivity index (χ1v) is 6.91. The van der Waals surface area contributed by atoms with Gasteiger partial charge in [0.1, 0.15) is 0 Å². The van der Waals surface area contributed by atoms with E-state index >= 15 is 0 Å². The maximum atomic E-state index is 12.2. The summed E-state index contributed by atoms with van der Waals surface area (Å²) < 4.78 is 5.63. The van der Waals surface area contributed by atoms with Crippen LogP contribution in [-0.4, -0.2) is 35.7 Å². The number of hydrogen-bond acceptors (Lipinski definition) is 3. The van der Waals surface area contributed by atoms with Crippen molar-refractivity contribution in [2.24, 2.45) is 23.7 Å². The van der Waals surface area contributed by atoms with Crippen molar-refractivity contribution in [3.63, 3.8) is 0 Å². The van der Waals surface area contributed by atoms with E-state index in [2.05, 4.69) is 5.32 Å². The molecule has 1 heterocycles. The van der Waals surface area contributed by atoms with Crippen molar-refractivity contribution in [1.82, 2.24) is 5.32 Å². The van der Waals surface area contributed by atoms with Crippen molar-refractivity contribution in [3.8, 4) is 0 Å². The molecule has 0 aliphatic carbocycles. The monoisotopic (exact) mass is 271 g/mol. The molecule has 1 rings (SSSR count). The van der Waals surface area contributed by atoms with Gasteiger partial charge in [0.2, 0.25) is 5.91 Å². The molecule has 1 aliphatic heterocycles. The van der Waals surface area contributed by atoms with Crippen LogP contribution in [0.5, 0.6) is 0 Å². The van der Waals surface area contributed by atoms with Gasteiger partial charge in [0.05, 0.1) is 24.0 Å². The van der Waals surface area contributed by atoms with Gasteiger partial charge in [-0.3, -0.25) is 9.59 Å². The van der Waals surface area contributed by atoms with E-state index in [0.717, 1.165) is 0 Å². The molecule has 1 amide bonds.